The van der Waals surface area contributed by atoms with Crippen LogP contribution in [-0.4, -0.2) is 50.9 Å². The Bertz CT molecular complexity index is 1170. The van der Waals surface area contributed by atoms with Crippen molar-refractivity contribution in [3.05, 3.63) is 70.4 Å². The van der Waals surface area contributed by atoms with Crippen LogP contribution in [0.3, 0.4) is 0 Å². The molecule has 0 unspecified atom stereocenters. The Hall–Kier alpha value is -3.08. The van der Waals surface area contributed by atoms with E-state index in [0.717, 1.165) is 27.2 Å². The maximum atomic E-state index is 12.2. The fraction of sp³-hybridized carbons (Fsp3) is 0.227. The number of hydrogen-bond donors (Lipinski definition) is 1. The van der Waals surface area contributed by atoms with Crippen molar-refractivity contribution in [3.8, 4) is 17.1 Å². The fourth-order valence-electron chi connectivity index (χ4n) is 2.94. The summed E-state index contributed by atoms with van der Waals surface area (Å²) in [6.07, 6.45) is 3.48. The van der Waals surface area contributed by atoms with Crippen molar-refractivity contribution in [3.63, 3.8) is 0 Å². The predicted octanol–water partition coefficient (Wildman–Crippen LogP) is 3.76. The molecular formula is C22H22N6O2S2. The number of thiazole rings is 1. The van der Waals surface area contributed by atoms with E-state index in [9.17, 15) is 4.79 Å². The average Bonchev–Trinajstić information content (AvgIpc) is 3.46. The van der Waals surface area contributed by atoms with E-state index in [1.165, 1.54) is 28.7 Å². The minimum absolute atomic E-state index is 0.197. The van der Waals surface area contributed by atoms with Crippen LogP contribution in [-0.2, 0) is 10.5 Å². The lowest BCUT2D eigenvalue weighted by Crippen LogP contribution is -2.27. The molecule has 32 heavy (non-hydrogen) atoms. The van der Waals surface area contributed by atoms with Crippen LogP contribution in [0, 0.1) is 6.92 Å². The molecule has 0 saturated carbocycles. The van der Waals surface area contributed by atoms with Gasteiger partial charge in [0.15, 0.2) is 11.0 Å². The lowest BCUT2D eigenvalue weighted by Gasteiger charge is -2.10. The van der Waals surface area contributed by atoms with Crippen LogP contribution < -0.4 is 5.32 Å². The summed E-state index contributed by atoms with van der Waals surface area (Å²) < 4.78 is 6.99. The van der Waals surface area contributed by atoms with Gasteiger partial charge in [-0.3, -0.25) is 14.3 Å². The van der Waals surface area contributed by atoms with Crippen molar-refractivity contribution in [1.82, 2.24) is 30.0 Å². The van der Waals surface area contributed by atoms with E-state index >= 15 is 0 Å². The summed E-state index contributed by atoms with van der Waals surface area (Å²) in [5, 5.41) is 15.0. The topological polar surface area (TPSA) is 94.8 Å². The summed E-state index contributed by atoms with van der Waals surface area (Å²) in [6.45, 7) is 2.97. The summed E-state index contributed by atoms with van der Waals surface area (Å²) in [5.41, 5.74) is 3.51. The molecule has 0 aliphatic carbocycles. The lowest BCUT2D eigenvalue weighted by atomic mass is 10.2. The summed E-state index contributed by atoms with van der Waals surface area (Å²) in [4.78, 5) is 20.7. The standard InChI is InChI=1S/C22H22N6O2S2/c1-15-3-5-17(6-4-15)28-20(16-7-9-23-10-8-16)26-27-22(28)32-14-19-25-18(13-31-19)21(29)24-11-12-30-2/h3-10,13H,11-12,14H2,1-2H3,(H,24,29). The summed E-state index contributed by atoms with van der Waals surface area (Å²) in [7, 11) is 1.60. The molecule has 1 aromatic carbocycles. The zero-order valence-electron chi connectivity index (χ0n) is 17.7. The number of aromatic nitrogens is 5. The van der Waals surface area contributed by atoms with Gasteiger partial charge in [-0.05, 0) is 31.2 Å². The van der Waals surface area contributed by atoms with E-state index in [0.29, 0.717) is 24.6 Å². The van der Waals surface area contributed by atoms with Crippen molar-refractivity contribution >= 4 is 29.0 Å². The van der Waals surface area contributed by atoms with E-state index in [2.05, 4.69) is 56.7 Å². The number of pyridine rings is 1. The van der Waals surface area contributed by atoms with E-state index < -0.39 is 0 Å². The molecule has 1 amide bonds. The number of carbonyl (C=O) groups excluding carboxylic acids is 1. The molecule has 1 N–H and O–H groups in total. The number of rotatable bonds is 9. The van der Waals surface area contributed by atoms with Gasteiger partial charge in [-0.25, -0.2) is 4.98 Å². The number of ether oxygens (including phenoxy) is 1. The largest absolute Gasteiger partial charge is 0.383 e. The molecule has 164 valence electrons. The third kappa shape index (κ3) is 5.21. The van der Waals surface area contributed by atoms with Crippen molar-refractivity contribution in [2.24, 2.45) is 0 Å². The van der Waals surface area contributed by atoms with Gasteiger partial charge in [-0.1, -0.05) is 29.5 Å². The molecular weight excluding hydrogens is 444 g/mol. The highest BCUT2D eigenvalue weighted by molar-refractivity contribution is 7.98. The zero-order chi connectivity index (χ0) is 22.3. The minimum atomic E-state index is -0.197. The van der Waals surface area contributed by atoms with Gasteiger partial charge in [0, 0.05) is 42.7 Å². The maximum Gasteiger partial charge on any atom is 0.270 e. The third-order valence-corrected chi connectivity index (χ3v) is 6.54. The molecule has 0 radical (unpaired) electrons. The van der Waals surface area contributed by atoms with Crippen molar-refractivity contribution < 1.29 is 9.53 Å². The SMILES string of the molecule is COCCNC(=O)c1csc(CSc2nnc(-c3ccncc3)n2-c2ccc(C)cc2)n1. The number of benzene rings is 1. The van der Waals surface area contributed by atoms with Crippen molar-refractivity contribution in [1.29, 1.82) is 0 Å². The molecule has 3 heterocycles. The van der Waals surface area contributed by atoms with Crippen LogP contribution in [0.5, 0.6) is 0 Å². The number of aryl methyl sites for hydroxylation is 1. The van der Waals surface area contributed by atoms with Crippen LogP contribution in [0.25, 0.3) is 17.1 Å². The molecule has 0 saturated heterocycles. The molecule has 0 aliphatic rings. The zero-order valence-corrected chi connectivity index (χ0v) is 19.3. The number of nitrogens with zero attached hydrogens (tertiary/aromatic N) is 5. The number of thioether (sulfide) groups is 1. The molecule has 0 atom stereocenters. The van der Waals surface area contributed by atoms with Gasteiger partial charge in [0.2, 0.25) is 0 Å². The minimum Gasteiger partial charge on any atom is -0.383 e. The number of methoxy groups -OCH3 is 1. The van der Waals surface area contributed by atoms with Crippen LogP contribution in [0.15, 0.2) is 59.3 Å². The Morgan fingerprint density at radius 2 is 1.94 bits per heavy atom. The van der Waals surface area contributed by atoms with Gasteiger partial charge in [0.1, 0.15) is 10.7 Å². The number of amides is 1. The molecule has 0 aliphatic heterocycles. The Balaban J connectivity index is 1.55. The first-order chi connectivity index (χ1) is 15.7. The van der Waals surface area contributed by atoms with Crippen LogP contribution in [0.1, 0.15) is 21.1 Å². The second kappa shape index (κ2) is 10.5. The number of carbonyl (C=O) groups is 1. The third-order valence-electron chi connectivity index (χ3n) is 4.56. The molecule has 4 rings (SSSR count). The summed E-state index contributed by atoms with van der Waals surface area (Å²) >= 11 is 2.98. The van der Waals surface area contributed by atoms with Crippen LogP contribution >= 0.6 is 23.1 Å². The monoisotopic (exact) mass is 466 g/mol. The smallest absolute Gasteiger partial charge is 0.270 e. The molecule has 10 heteroatoms. The summed E-state index contributed by atoms with van der Waals surface area (Å²) in [6, 6.07) is 12.1. The van der Waals surface area contributed by atoms with E-state index in [-0.39, 0.29) is 5.91 Å². The van der Waals surface area contributed by atoms with E-state index in [4.69, 9.17) is 4.74 Å². The van der Waals surface area contributed by atoms with Crippen molar-refractivity contribution in [2.75, 3.05) is 20.3 Å². The summed E-state index contributed by atoms with van der Waals surface area (Å²) in [5.74, 6) is 1.13. The van der Waals surface area contributed by atoms with E-state index in [1.807, 2.05) is 16.7 Å². The normalized spacial score (nSPS) is 10.9. The number of nitrogens with one attached hydrogen (secondary N) is 1. The van der Waals surface area contributed by atoms with Crippen LogP contribution in [0.2, 0.25) is 0 Å². The Morgan fingerprint density at radius 3 is 2.69 bits per heavy atom. The van der Waals surface area contributed by atoms with Gasteiger partial charge in [-0.2, -0.15) is 0 Å². The molecule has 0 bridgehead atoms. The highest BCUT2D eigenvalue weighted by Crippen LogP contribution is 2.30. The maximum absolute atomic E-state index is 12.2. The average molecular weight is 467 g/mol. The number of hydrogen-bond acceptors (Lipinski definition) is 8. The lowest BCUT2D eigenvalue weighted by molar-refractivity contribution is 0.0932. The highest BCUT2D eigenvalue weighted by Gasteiger charge is 2.17. The fourth-order valence-corrected chi connectivity index (χ4v) is 4.69. The first-order valence-electron chi connectivity index (χ1n) is 9.93. The van der Waals surface area contributed by atoms with Crippen LogP contribution in [0.4, 0.5) is 0 Å². The van der Waals surface area contributed by atoms with Gasteiger partial charge in [-0.15, -0.1) is 21.5 Å². The van der Waals surface area contributed by atoms with Gasteiger partial charge in [0.25, 0.3) is 5.91 Å². The molecule has 3 aromatic heterocycles. The molecule has 8 nitrogen and oxygen atoms in total. The molecule has 4 aromatic rings. The van der Waals surface area contributed by atoms with Crippen molar-refractivity contribution in [2.45, 2.75) is 17.8 Å². The first kappa shape index (κ1) is 22.1. The van der Waals surface area contributed by atoms with E-state index in [1.54, 1.807) is 24.9 Å². The first-order valence-corrected chi connectivity index (χ1v) is 11.8. The Labute approximate surface area is 194 Å². The van der Waals surface area contributed by atoms with Gasteiger partial charge < -0.3 is 10.1 Å². The van der Waals surface area contributed by atoms with Gasteiger partial charge in [0.05, 0.1) is 12.4 Å². The molecule has 0 fully saturated rings. The quantitative estimate of drug-likeness (QED) is 0.296. The predicted molar refractivity (Wildman–Crippen MR) is 125 cm³/mol. The Morgan fingerprint density at radius 1 is 1.16 bits per heavy atom. The Kier molecular flexibility index (Phi) is 7.25. The second-order valence-corrected chi connectivity index (χ2v) is 8.76. The van der Waals surface area contributed by atoms with Gasteiger partial charge >= 0.3 is 0 Å². The highest BCUT2D eigenvalue weighted by atomic mass is 32.2. The second-order valence-electron chi connectivity index (χ2n) is 6.88. The molecule has 0 spiro atoms.